The number of rotatable bonds is 10. The zero-order chi connectivity index (χ0) is 24.9. The normalized spacial score (nSPS) is 13.3. The third-order valence-corrected chi connectivity index (χ3v) is 7.01. The number of benzene rings is 2. The van der Waals surface area contributed by atoms with E-state index >= 15 is 0 Å². The Morgan fingerprint density at radius 3 is 2.50 bits per heavy atom. The van der Waals surface area contributed by atoms with Crippen molar-refractivity contribution in [3.8, 4) is 11.5 Å². The molecule has 0 bridgehead atoms. The maximum Gasteiger partial charge on any atom is 0.242 e. The number of aryl methyl sites for hydroxylation is 1. The van der Waals surface area contributed by atoms with Crippen molar-refractivity contribution in [2.45, 2.75) is 39.3 Å². The molecule has 0 saturated carbocycles. The van der Waals surface area contributed by atoms with E-state index in [0.717, 1.165) is 17.4 Å². The molecule has 1 atom stereocenters. The summed E-state index contributed by atoms with van der Waals surface area (Å²) in [6.45, 7) is 4.13. The highest BCUT2D eigenvalue weighted by Crippen LogP contribution is 2.36. The molecule has 184 valence electrons. The first kappa shape index (κ1) is 25.4. The van der Waals surface area contributed by atoms with Crippen molar-refractivity contribution in [2.24, 2.45) is 0 Å². The number of anilines is 1. The molecule has 0 spiro atoms. The van der Waals surface area contributed by atoms with Gasteiger partial charge >= 0.3 is 0 Å². The highest BCUT2D eigenvalue weighted by molar-refractivity contribution is 7.92. The quantitative estimate of drug-likeness (QED) is 0.550. The summed E-state index contributed by atoms with van der Waals surface area (Å²) < 4.78 is 36.8. The van der Waals surface area contributed by atoms with Gasteiger partial charge in [-0.2, -0.15) is 0 Å². The minimum atomic E-state index is -3.59. The van der Waals surface area contributed by atoms with Crippen LogP contribution in [-0.4, -0.2) is 57.8 Å². The fourth-order valence-corrected chi connectivity index (χ4v) is 4.76. The Bertz CT molecular complexity index is 1150. The van der Waals surface area contributed by atoms with Gasteiger partial charge in [-0.25, -0.2) is 8.42 Å². The Balaban J connectivity index is 1.73. The number of hydrogen-bond acceptors (Lipinski definition) is 6. The minimum Gasteiger partial charge on any atom is -0.454 e. The van der Waals surface area contributed by atoms with Crippen LogP contribution in [0.15, 0.2) is 42.5 Å². The molecule has 2 aromatic rings. The van der Waals surface area contributed by atoms with Crippen LogP contribution in [0.4, 0.5) is 5.69 Å². The summed E-state index contributed by atoms with van der Waals surface area (Å²) in [5.74, 6) is 0.548. The molecule has 2 aromatic carbocycles. The lowest BCUT2D eigenvalue weighted by Crippen LogP contribution is -2.47. The molecule has 0 aromatic heterocycles. The van der Waals surface area contributed by atoms with Gasteiger partial charge in [0.05, 0.1) is 11.9 Å². The molecule has 0 radical (unpaired) electrons. The maximum absolute atomic E-state index is 13.2. The molecule has 0 unspecified atom stereocenters. The lowest BCUT2D eigenvalue weighted by atomic mass is 10.1. The monoisotopic (exact) mass is 489 g/mol. The zero-order valence-electron chi connectivity index (χ0n) is 19.9. The fraction of sp³-hybridized carbons (Fsp3) is 0.417. The summed E-state index contributed by atoms with van der Waals surface area (Å²) in [4.78, 5) is 27.0. The molecule has 1 N–H and O–H groups in total. The van der Waals surface area contributed by atoms with Crippen molar-refractivity contribution < 1.29 is 27.5 Å². The molecule has 34 heavy (non-hydrogen) atoms. The Morgan fingerprint density at radius 1 is 1.12 bits per heavy atom. The maximum atomic E-state index is 13.2. The molecule has 10 heteroatoms. The van der Waals surface area contributed by atoms with Gasteiger partial charge in [0.2, 0.25) is 28.6 Å². The van der Waals surface area contributed by atoms with Gasteiger partial charge in [-0.3, -0.25) is 13.9 Å². The number of likely N-dealkylation sites (N-methyl/N-ethyl adjacent to an activating group) is 1. The van der Waals surface area contributed by atoms with Gasteiger partial charge in [-0.15, -0.1) is 0 Å². The number of nitrogens with zero attached hydrogens (tertiary/aromatic N) is 2. The fourth-order valence-electron chi connectivity index (χ4n) is 3.81. The number of amides is 2. The first-order valence-electron chi connectivity index (χ1n) is 11.0. The predicted octanol–water partition coefficient (Wildman–Crippen LogP) is 2.43. The number of nitrogens with one attached hydrogen (secondary N) is 1. The summed E-state index contributed by atoms with van der Waals surface area (Å²) in [7, 11) is -2.06. The van der Waals surface area contributed by atoms with Crippen molar-refractivity contribution >= 4 is 27.5 Å². The minimum absolute atomic E-state index is 0.0871. The first-order valence-corrected chi connectivity index (χ1v) is 12.9. The lowest BCUT2D eigenvalue weighted by Gasteiger charge is -2.29. The molecule has 1 heterocycles. The van der Waals surface area contributed by atoms with Crippen LogP contribution in [0.5, 0.6) is 11.5 Å². The van der Waals surface area contributed by atoms with E-state index < -0.39 is 16.1 Å². The van der Waals surface area contributed by atoms with Crippen molar-refractivity contribution in [1.29, 1.82) is 0 Å². The standard InChI is InChI=1S/C24H31N3O6S/c1-17-8-5-6-9-19(17)15-26(18(2)24(29)25-3)23(28)10-7-13-27(34(4,30)31)20-11-12-21-22(14-20)33-16-32-21/h5-6,8-9,11-12,14,18H,7,10,13,15-16H2,1-4H3,(H,25,29)/t18-/m0/s1. The largest absolute Gasteiger partial charge is 0.454 e. The van der Waals surface area contributed by atoms with E-state index in [1.165, 1.54) is 16.3 Å². The van der Waals surface area contributed by atoms with Crippen LogP contribution in [0, 0.1) is 6.92 Å². The third kappa shape index (κ3) is 5.99. The molecule has 0 fully saturated rings. The predicted molar refractivity (Wildman–Crippen MR) is 129 cm³/mol. The average Bonchev–Trinajstić information content (AvgIpc) is 3.27. The van der Waals surface area contributed by atoms with Crippen molar-refractivity contribution in [3.63, 3.8) is 0 Å². The van der Waals surface area contributed by atoms with Gasteiger partial charge in [0, 0.05) is 32.6 Å². The van der Waals surface area contributed by atoms with E-state index in [0.29, 0.717) is 17.2 Å². The van der Waals surface area contributed by atoms with Gasteiger partial charge in [-0.05, 0) is 43.5 Å². The number of hydrogen-bond donors (Lipinski definition) is 1. The molecule has 3 rings (SSSR count). The molecule has 9 nitrogen and oxygen atoms in total. The second-order valence-corrected chi connectivity index (χ2v) is 10.1. The zero-order valence-corrected chi connectivity index (χ0v) is 20.7. The molecule has 0 aliphatic carbocycles. The van der Waals surface area contributed by atoms with E-state index in [2.05, 4.69) is 5.32 Å². The second-order valence-electron chi connectivity index (χ2n) is 8.21. The Labute approximate surface area is 200 Å². The number of carbonyl (C=O) groups excluding carboxylic acids is 2. The topological polar surface area (TPSA) is 105 Å². The molecule has 2 amide bonds. The number of fused-ring (bicyclic) bond motifs is 1. The van der Waals surface area contributed by atoms with Crippen LogP contribution in [0.3, 0.4) is 0 Å². The molecule has 0 saturated heterocycles. The number of sulfonamides is 1. The summed E-state index contributed by atoms with van der Waals surface area (Å²) in [5, 5.41) is 2.59. The average molecular weight is 490 g/mol. The van der Waals surface area contributed by atoms with E-state index in [4.69, 9.17) is 9.47 Å². The molecule has 1 aliphatic heterocycles. The Hall–Kier alpha value is -3.27. The van der Waals surface area contributed by atoms with Gasteiger partial charge in [0.1, 0.15) is 6.04 Å². The van der Waals surface area contributed by atoms with Gasteiger partial charge < -0.3 is 19.7 Å². The van der Waals surface area contributed by atoms with Crippen molar-refractivity contribution in [2.75, 3.05) is 30.9 Å². The van der Waals surface area contributed by atoms with Crippen LogP contribution in [0.2, 0.25) is 0 Å². The van der Waals surface area contributed by atoms with E-state index in [-0.39, 0.29) is 44.5 Å². The van der Waals surface area contributed by atoms with E-state index in [1.807, 2.05) is 31.2 Å². The van der Waals surface area contributed by atoms with Crippen molar-refractivity contribution in [1.82, 2.24) is 10.2 Å². The van der Waals surface area contributed by atoms with Gasteiger partial charge in [-0.1, -0.05) is 24.3 Å². The Kier molecular flexibility index (Phi) is 8.03. The highest BCUT2D eigenvalue weighted by Gasteiger charge is 2.27. The lowest BCUT2D eigenvalue weighted by molar-refractivity contribution is -0.140. The van der Waals surface area contributed by atoms with Crippen LogP contribution in [0.25, 0.3) is 0 Å². The second kappa shape index (κ2) is 10.8. The summed E-state index contributed by atoms with van der Waals surface area (Å²) in [6, 6.07) is 12.0. The van der Waals surface area contributed by atoms with E-state index in [9.17, 15) is 18.0 Å². The van der Waals surface area contributed by atoms with Gasteiger partial charge in [0.15, 0.2) is 11.5 Å². The van der Waals surface area contributed by atoms with Gasteiger partial charge in [0.25, 0.3) is 0 Å². The Morgan fingerprint density at radius 2 is 1.82 bits per heavy atom. The highest BCUT2D eigenvalue weighted by atomic mass is 32.2. The smallest absolute Gasteiger partial charge is 0.242 e. The van der Waals surface area contributed by atoms with Crippen LogP contribution < -0.4 is 19.1 Å². The molecular formula is C24H31N3O6S. The molecular weight excluding hydrogens is 458 g/mol. The number of ether oxygens (including phenoxy) is 2. The first-order chi connectivity index (χ1) is 16.1. The third-order valence-electron chi connectivity index (χ3n) is 5.81. The number of carbonyl (C=O) groups is 2. The molecule has 1 aliphatic rings. The summed E-state index contributed by atoms with van der Waals surface area (Å²) in [6.07, 6.45) is 1.49. The van der Waals surface area contributed by atoms with Crippen molar-refractivity contribution in [3.05, 3.63) is 53.6 Å². The SMILES string of the molecule is CNC(=O)[C@H](C)N(Cc1ccccc1C)C(=O)CCCN(c1ccc2c(c1)OCO2)S(C)(=O)=O. The summed E-state index contributed by atoms with van der Waals surface area (Å²) >= 11 is 0. The van der Waals surface area contributed by atoms with Crippen LogP contribution in [0.1, 0.15) is 30.9 Å². The van der Waals surface area contributed by atoms with E-state index in [1.54, 1.807) is 25.1 Å². The van der Waals surface area contributed by atoms with Crippen LogP contribution >= 0.6 is 0 Å². The van der Waals surface area contributed by atoms with Crippen LogP contribution in [-0.2, 0) is 26.2 Å². The summed E-state index contributed by atoms with van der Waals surface area (Å²) in [5.41, 5.74) is 2.41.